The van der Waals surface area contributed by atoms with Crippen LogP contribution in [0.25, 0.3) is 0 Å². The van der Waals surface area contributed by atoms with Crippen molar-refractivity contribution in [1.29, 1.82) is 0 Å². The van der Waals surface area contributed by atoms with Crippen molar-refractivity contribution in [3.63, 3.8) is 0 Å². The second-order valence-corrected chi connectivity index (χ2v) is 9.37. The Bertz CT molecular complexity index is 1300. The van der Waals surface area contributed by atoms with E-state index in [1.54, 1.807) is 36.5 Å². The molecular formula is C27H30FN7O2. The van der Waals surface area contributed by atoms with Gasteiger partial charge in [-0.3, -0.25) is 4.79 Å². The number of likely N-dealkylation sites (N-methyl/N-ethyl adjacent to an activating group) is 1. The molecule has 2 unspecified atom stereocenters. The maximum atomic E-state index is 15.0. The Kier molecular flexibility index (Phi) is 6.66. The maximum absolute atomic E-state index is 15.0. The lowest BCUT2D eigenvalue weighted by molar-refractivity contribution is -0.111. The molecular weight excluding hydrogens is 473 g/mol. The third-order valence-electron chi connectivity index (χ3n) is 6.61. The van der Waals surface area contributed by atoms with Crippen LogP contribution in [0.2, 0.25) is 0 Å². The van der Waals surface area contributed by atoms with E-state index in [1.165, 1.54) is 12.1 Å². The Morgan fingerprint density at radius 3 is 2.78 bits per heavy atom. The zero-order chi connectivity index (χ0) is 26.0. The molecule has 2 atom stereocenters. The molecule has 0 saturated carbocycles. The summed E-state index contributed by atoms with van der Waals surface area (Å²) in [4.78, 5) is 25.3. The number of guanidine groups is 1. The lowest BCUT2D eigenvalue weighted by atomic mass is 9.96. The second-order valence-electron chi connectivity index (χ2n) is 9.37. The van der Waals surface area contributed by atoms with Gasteiger partial charge in [0.05, 0.1) is 11.6 Å². The summed E-state index contributed by atoms with van der Waals surface area (Å²) in [7, 11) is 2.07. The minimum absolute atomic E-state index is 0.249. The van der Waals surface area contributed by atoms with Crippen molar-refractivity contribution in [3.8, 4) is 5.75 Å². The predicted molar refractivity (Wildman–Crippen MR) is 145 cm³/mol. The number of piperazine rings is 1. The number of benzene rings is 2. The first-order valence-corrected chi connectivity index (χ1v) is 12.2. The molecule has 3 aliphatic heterocycles. The quantitative estimate of drug-likeness (QED) is 0.524. The highest BCUT2D eigenvalue weighted by molar-refractivity contribution is 6.07. The highest BCUT2D eigenvalue weighted by Crippen LogP contribution is 2.34. The summed E-state index contributed by atoms with van der Waals surface area (Å²) in [5, 5.41) is 9.01. The number of halogens is 1. The molecule has 1 fully saturated rings. The minimum atomic E-state index is -1.04. The summed E-state index contributed by atoms with van der Waals surface area (Å²) >= 11 is 0. The molecule has 1 amide bonds. The van der Waals surface area contributed by atoms with Crippen LogP contribution in [0.3, 0.4) is 0 Å². The van der Waals surface area contributed by atoms with Gasteiger partial charge < -0.3 is 30.5 Å². The number of hydrogen-bond acceptors (Lipinski definition) is 8. The van der Waals surface area contributed by atoms with E-state index in [1.807, 2.05) is 19.1 Å². The summed E-state index contributed by atoms with van der Waals surface area (Å²) in [5.74, 6) is 0.638. The number of rotatable bonds is 6. The Morgan fingerprint density at radius 1 is 1.22 bits per heavy atom. The van der Waals surface area contributed by atoms with E-state index in [2.05, 4.69) is 44.4 Å². The highest BCUT2D eigenvalue weighted by Gasteiger charge is 2.43. The summed E-state index contributed by atoms with van der Waals surface area (Å²) in [6.07, 6.45) is 4.94. The van der Waals surface area contributed by atoms with Crippen molar-refractivity contribution in [2.45, 2.75) is 12.6 Å². The first-order valence-electron chi connectivity index (χ1n) is 12.2. The van der Waals surface area contributed by atoms with Gasteiger partial charge in [0.25, 0.3) is 0 Å². The van der Waals surface area contributed by atoms with E-state index in [0.29, 0.717) is 34.6 Å². The molecule has 0 radical (unpaired) electrons. The number of hydrogen-bond donors (Lipinski definition) is 3. The van der Waals surface area contributed by atoms with Crippen LogP contribution in [0, 0.1) is 11.7 Å². The summed E-state index contributed by atoms with van der Waals surface area (Å²) < 4.78 is 21.4. The van der Waals surface area contributed by atoms with Crippen LogP contribution in [0.4, 0.5) is 21.5 Å². The zero-order valence-electron chi connectivity index (χ0n) is 20.9. The predicted octanol–water partition coefficient (Wildman–Crippen LogP) is 3.41. The van der Waals surface area contributed by atoms with Gasteiger partial charge in [0.1, 0.15) is 17.4 Å². The lowest BCUT2D eigenvalue weighted by Gasteiger charge is -2.35. The van der Waals surface area contributed by atoms with Gasteiger partial charge in [-0.1, -0.05) is 18.7 Å². The number of amides is 1. The summed E-state index contributed by atoms with van der Waals surface area (Å²) in [5.41, 5.74) is 0.668. The van der Waals surface area contributed by atoms with Gasteiger partial charge in [-0.2, -0.15) is 4.99 Å². The number of amidine groups is 1. The van der Waals surface area contributed by atoms with E-state index in [4.69, 9.17) is 9.73 Å². The molecule has 10 heteroatoms. The van der Waals surface area contributed by atoms with E-state index in [9.17, 15) is 4.79 Å². The molecule has 3 heterocycles. The van der Waals surface area contributed by atoms with E-state index in [-0.39, 0.29) is 17.6 Å². The molecule has 37 heavy (non-hydrogen) atoms. The van der Waals surface area contributed by atoms with Crippen molar-refractivity contribution in [1.82, 2.24) is 10.2 Å². The Morgan fingerprint density at radius 2 is 2.03 bits per heavy atom. The second kappa shape index (κ2) is 10.1. The van der Waals surface area contributed by atoms with Crippen LogP contribution in [-0.4, -0.2) is 61.6 Å². The van der Waals surface area contributed by atoms with Crippen molar-refractivity contribution in [3.05, 3.63) is 73.2 Å². The largest absolute Gasteiger partial charge is 0.465 e. The molecule has 0 aliphatic carbocycles. The van der Waals surface area contributed by atoms with Gasteiger partial charge in [-0.15, -0.1) is 0 Å². The zero-order valence-corrected chi connectivity index (χ0v) is 20.9. The van der Waals surface area contributed by atoms with Gasteiger partial charge in [-0.25, -0.2) is 9.38 Å². The van der Waals surface area contributed by atoms with Gasteiger partial charge in [0.15, 0.2) is 0 Å². The normalized spacial score (nSPS) is 22.9. The monoisotopic (exact) mass is 503 g/mol. The molecule has 3 N–H and O–H groups in total. The Balaban J connectivity index is 1.36. The molecule has 0 aromatic heterocycles. The Labute approximate surface area is 215 Å². The number of ether oxygens (including phenoxy) is 1. The van der Waals surface area contributed by atoms with Crippen LogP contribution < -0.4 is 25.6 Å². The average Bonchev–Trinajstić information content (AvgIpc) is 3.35. The molecule has 192 valence electrons. The SMILES string of the molecule is C=CC(=O)Nc1cccc(OC2(C)N=C(Nc3ccc(N4CCN(C)CC4)c(F)c3)N=C3NC=CC32)c1. The van der Waals surface area contributed by atoms with Gasteiger partial charge in [0, 0.05) is 43.6 Å². The maximum Gasteiger partial charge on any atom is 0.247 e. The van der Waals surface area contributed by atoms with Crippen LogP contribution in [0.5, 0.6) is 5.75 Å². The summed E-state index contributed by atoms with van der Waals surface area (Å²) in [6.45, 7) is 8.71. The van der Waals surface area contributed by atoms with Crippen LogP contribution in [0.15, 0.2) is 77.4 Å². The summed E-state index contributed by atoms with van der Waals surface area (Å²) in [6, 6.07) is 12.1. The average molecular weight is 504 g/mol. The lowest BCUT2D eigenvalue weighted by Crippen LogP contribution is -2.47. The van der Waals surface area contributed by atoms with Crippen LogP contribution >= 0.6 is 0 Å². The number of fused-ring (bicyclic) bond motifs is 1. The number of aliphatic imine (C=N–C) groups is 2. The van der Waals surface area contributed by atoms with Gasteiger partial charge in [0.2, 0.25) is 17.6 Å². The standard InChI is InChI=1S/C27H30FN7O2/c1-4-24(36)30-18-6-5-7-20(16-18)37-27(2)21-10-11-29-25(21)32-26(33-27)31-19-8-9-23(22(28)17-19)35-14-12-34(3)13-15-35/h4-11,16-17,21H,1,12-15H2,2-3H3,(H,30,36)(H2,29,31,32,33). The van der Waals surface area contributed by atoms with Crippen molar-refractivity contribution in [2.75, 3.05) is 48.8 Å². The number of carbonyl (C=O) groups is 1. The topological polar surface area (TPSA) is 93.6 Å². The molecule has 1 saturated heterocycles. The molecule has 3 aliphatic rings. The Hall–Kier alpha value is -4.18. The molecule has 0 spiro atoms. The molecule has 0 bridgehead atoms. The van der Waals surface area contributed by atoms with E-state index >= 15 is 4.39 Å². The van der Waals surface area contributed by atoms with Crippen molar-refractivity contribution in [2.24, 2.45) is 15.9 Å². The fourth-order valence-corrected chi connectivity index (χ4v) is 4.59. The van der Waals surface area contributed by atoms with Crippen molar-refractivity contribution < 1.29 is 13.9 Å². The fourth-order valence-electron chi connectivity index (χ4n) is 4.59. The van der Waals surface area contributed by atoms with E-state index < -0.39 is 5.72 Å². The third-order valence-corrected chi connectivity index (χ3v) is 6.61. The highest BCUT2D eigenvalue weighted by atomic mass is 19.1. The van der Waals surface area contributed by atoms with Gasteiger partial charge >= 0.3 is 0 Å². The first kappa shape index (κ1) is 24.5. The van der Waals surface area contributed by atoms with Crippen molar-refractivity contribution >= 4 is 34.8 Å². The third kappa shape index (κ3) is 5.34. The van der Waals surface area contributed by atoms with Crippen LogP contribution in [-0.2, 0) is 4.79 Å². The van der Waals surface area contributed by atoms with Crippen LogP contribution in [0.1, 0.15) is 6.92 Å². The minimum Gasteiger partial charge on any atom is -0.465 e. The first-order chi connectivity index (χ1) is 17.8. The van der Waals surface area contributed by atoms with E-state index in [0.717, 1.165) is 26.2 Å². The number of nitrogens with one attached hydrogen (secondary N) is 3. The molecule has 5 rings (SSSR count). The molecule has 2 aromatic carbocycles. The number of anilines is 3. The molecule has 9 nitrogen and oxygen atoms in total. The van der Waals surface area contributed by atoms with Gasteiger partial charge in [-0.05, 0) is 56.6 Å². The fraction of sp³-hybridized carbons (Fsp3) is 0.296. The molecule has 2 aromatic rings. The smallest absolute Gasteiger partial charge is 0.247 e. The number of carbonyl (C=O) groups excluding carboxylic acids is 1. The number of nitrogens with zero attached hydrogens (tertiary/aromatic N) is 4.